The molecule has 0 aliphatic carbocycles. The summed E-state index contributed by atoms with van der Waals surface area (Å²) < 4.78 is 30.4. The monoisotopic (exact) mass is 521 g/mol. The van der Waals surface area contributed by atoms with Crippen molar-refractivity contribution < 1.29 is 18.4 Å². The lowest BCUT2D eigenvalue weighted by molar-refractivity contribution is -0.119. The number of hydrogen-bond acceptors (Lipinski definition) is 6. The lowest BCUT2D eigenvalue weighted by atomic mass is 10.0. The molecule has 1 unspecified atom stereocenters. The van der Waals surface area contributed by atoms with E-state index in [1.807, 2.05) is 0 Å². The zero-order valence-corrected chi connectivity index (χ0v) is 21.1. The van der Waals surface area contributed by atoms with E-state index in [4.69, 9.17) is 17.3 Å². The van der Waals surface area contributed by atoms with Crippen molar-refractivity contribution >= 4 is 50.7 Å². The van der Waals surface area contributed by atoms with Crippen LogP contribution < -0.4 is 11.1 Å². The number of primary amides is 1. The Balaban J connectivity index is 1.92. The number of pyridine rings is 1. The molecule has 0 saturated heterocycles. The van der Waals surface area contributed by atoms with Gasteiger partial charge in [-0.15, -0.1) is 11.3 Å². The van der Waals surface area contributed by atoms with E-state index in [0.717, 1.165) is 11.3 Å². The van der Waals surface area contributed by atoms with Crippen molar-refractivity contribution in [1.82, 2.24) is 24.5 Å². The summed E-state index contributed by atoms with van der Waals surface area (Å²) in [7, 11) is 1.72. The number of thiophene rings is 1. The van der Waals surface area contributed by atoms with Gasteiger partial charge < -0.3 is 11.1 Å². The van der Waals surface area contributed by atoms with Crippen LogP contribution in [0.3, 0.4) is 0 Å². The SMILES string of the molecule is Cc1nn(C(C)C(=O)Nc2c(C(N)=O)sc3nc(C(F)F)cc(-c4cnn(C)c4C)c23)c(C)c1Cl. The van der Waals surface area contributed by atoms with Gasteiger partial charge in [0.15, 0.2) is 0 Å². The Bertz CT molecular complexity index is 1490. The second-order valence-corrected chi connectivity index (χ2v) is 9.48. The van der Waals surface area contributed by atoms with Gasteiger partial charge >= 0.3 is 0 Å². The Hall–Kier alpha value is -3.38. The Labute approximate surface area is 207 Å². The molecule has 0 saturated carbocycles. The fraction of sp³-hybridized carbons (Fsp3) is 0.318. The van der Waals surface area contributed by atoms with Gasteiger partial charge in [0.25, 0.3) is 12.3 Å². The highest BCUT2D eigenvalue weighted by atomic mass is 35.5. The topological polar surface area (TPSA) is 121 Å². The third-order valence-corrected chi connectivity index (χ3v) is 7.53. The molecular formula is C22H22ClF2N7O2S. The molecule has 4 aromatic heterocycles. The number of aryl methyl sites for hydroxylation is 2. The Morgan fingerprint density at radius 2 is 1.89 bits per heavy atom. The zero-order chi connectivity index (χ0) is 25.8. The predicted octanol–water partition coefficient (Wildman–Crippen LogP) is 4.71. The van der Waals surface area contributed by atoms with E-state index in [2.05, 4.69) is 20.5 Å². The normalized spacial score (nSPS) is 12.5. The third kappa shape index (κ3) is 4.16. The van der Waals surface area contributed by atoms with Gasteiger partial charge in [-0.1, -0.05) is 11.6 Å². The van der Waals surface area contributed by atoms with Crippen LogP contribution >= 0.6 is 22.9 Å². The summed E-state index contributed by atoms with van der Waals surface area (Å²) in [6, 6.07) is 0.447. The standard InChI is InChI=1S/C22H22ClF2N7O2S/c1-8-16(23)10(3)32(30-8)11(4)21(34)29-17-15-12(13-7-27-31(5)9(13)2)6-14(19(24)25)28-22(15)35-18(17)20(26)33/h6-7,11,19H,1-5H3,(H2,26,33)(H,29,34). The van der Waals surface area contributed by atoms with Gasteiger partial charge in [-0.3, -0.25) is 19.0 Å². The van der Waals surface area contributed by atoms with Crippen LogP contribution in [0.15, 0.2) is 12.3 Å². The van der Waals surface area contributed by atoms with Crippen LogP contribution in [0, 0.1) is 20.8 Å². The average Bonchev–Trinajstić information content (AvgIpc) is 3.42. The number of nitrogens with zero attached hydrogens (tertiary/aromatic N) is 5. The smallest absolute Gasteiger partial charge is 0.280 e. The molecule has 0 radical (unpaired) electrons. The molecule has 9 nitrogen and oxygen atoms in total. The van der Waals surface area contributed by atoms with Gasteiger partial charge in [0, 0.05) is 23.7 Å². The maximum Gasteiger partial charge on any atom is 0.280 e. The first-order chi connectivity index (χ1) is 16.4. The molecule has 13 heteroatoms. The number of carbonyl (C=O) groups is 2. The van der Waals surface area contributed by atoms with Gasteiger partial charge in [0.05, 0.1) is 28.3 Å². The number of amides is 2. The van der Waals surface area contributed by atoms with Crippen LogP contribution in [-0.4, -0.2) is 36.4 Å². The number of nitrogens with one attached hydrogen (secondary N) is 1. The lowest BCUT2D eigenvalue weighted by Gasteiger charge is -2.16. The minimum absolute atomic E-state index is 0.00587. The van der Waals surface area contributed by atoms with Gasteiger partial charge in [-0.05, 0) is 39.3 Å². The molecular weight excluding hydrogens is 500 g/mol. The molecule has 35 heavy (non-hydrogen) atoms. The molecule has 0 spiro atoms. The molecule has 0 fully saturated rings. The minimum atomic E-state index is -2.84. The lowest BCUT2D eigenvalue weighted by Crippen LogP contribution is -2.26. The highest BCUT2D eigenvalue weighted by molar-refractivity contribution is 7.21. The number of alkyl halides is 2. The van der Waals surface area contributed by atoms with Crippen LogP contribution in [0.5, 0.6) is 0 Å². The number of nitrogens with two attached hydrogens (primary N) is 1. The summed E-state index contributed by atoms with van der Waals surface area (Å²) in [5, 5.41) is 12.1. The van der Waals surface area contributed by atoms with Crippen LogP contribution in [-0.2, 0) is 11.8 Å². The van der Waals surface area contributed by atoms with Crippen LogP contribution in [0.4, 0.5) is 14.5 Å². The molecule has 2 amide bonds. The van der Waals surface area contributed by atoms with E-state index in [9.17, 15) is 18.4 Å². The summed E-state index contributed by atoms with van der Waals surface area (Å²) in [5.74, 6) is -1.32. The van der Waals surface area contributed by atoms with Crippen molar-refractivity contribution in [3.8, 4) is 11.1 Å². The second kappa shape index (κ2) is 9.00. The molecule has 0 aliphatic rings. The third-order valence-electron chi connectivity index (χ3n) is 5.89. The molecule has 0 aliphatic heterocycles. The van der Waals surface area contributed by atoms with Crippen molar-refractivity contribution in [3.63, 3.8) is 0 Å². The van der Waals surface area contributed by atoms with Crippen molar-refractivity contribution in [1.29, 1.82) is 0 Å². The van der Waals surface area contributed by atoms with Crippen molar-refractivity contribution in [3.05, 3.63) is 44.9 Å². The first kappa shape index (κ1) is 24.7. The number of halogens is 3. The molecule has 4 heterocycles. The summed E-state index contributed by atoms with van der Waals surface area (Å²) in [6.07, 6.45) is -1.31. The second-order valence-electron chi connectivity index (χ2n) is 8.11. The largest absolute Gasteiger partial charge is 0.365 e. The highest BCUT2D eigenvalue weighted by Gasteiger charge is 2.28. The summed E-state index contributed by atoms with van der Waals surface area (Å²) in [4.78, 5) is 29.8. The highest BCUT2D eigenvalue weighted by Crippen LogP contribution is 2.43. The minimum Gasteiger partial charge on any atom is -0.365 e. The van der Waals surface area contributed by atoms with Crippen LogP contribution in [0.25, 0.3) is 21.3 Å². The Kier molecular flexibility index (Phi) is 6.36. The van der Waals surface area contributed by atoms with Crippen molar-refractivity contribution in [2.75, 3.05) is 5.32 Å². The van der Waals surface area contributed by atoms with Gasteiger partial charge in [0.2, 0.25) is 5.91 Å². The van der Waals surface area contributed by atoms with Crippen molar-refractivity contribution in [2.45, 2.75) is 40.2 Å². The Morgan fingerprint density at radius 3 is 2.40 bits per heavy atom. The van der Waals surface area contributed by atoms with E-state index in [0.29, 0.717) is 38.6 Å². The molecule has 184 valence electrons. The maximum absolute atomic E-state index is 13.7. The number of carbonyl (C=O) groups excluding carboxylic acids is 2. The van der Waals surface area contributed by atoms with Gasteiger partial charge in [-0.25, -0.2) is 13.8 Å². The molecule has 0 aromatic carbocycles. The fourth-order valence-electron chi connectivity index (χ4n) is 3.86. The zero-order valence-electron chi connectivity index (χ0n) is 19.5. The summed E-state index contributed by atoms with van der Waals surface area (Å²) in [6.45, 7) is 6.87. The van der Waals surface area contributed by atoms with E-state index >= 15 is 0 Å². The quantitative estimate of drug-likeness (QED) is 0.380. The Morgan fingerprint density at radius 1 is 1.20 bits per heavy atom. The van der Waals surface area contributed by atoms with E-state index in [-0.39, 0.29) is 15.4 Å². The van der Waals surface area contributed by atoms with Crippen LogP contribution in [0.1, 0.15) is 51.8 Å². The average molecular weight is 522 g/mol. The number of fused-ring (bicyclic) bond motifs is 1. The molecule has 3 N–H and O–H groups in total. The van der Waals surface area contributed by atoms with Crippen molar-refractivity contribution in [2.24, 2.45) is 12.8 Å². The van der Waals surface area contributed by atoms with E-state index in [1.165, 1.54) is 16.9 Å². The van der Waals surface area contributed by atoms with Crippen LogP contribution in [0.2, 0.25) is 5.02 Å². The predicted molar refractivity (Wildman–Crippen MR) is 130 cm³/mol. The molecule has 4 aromatic rings. The van der Waals surface area contributed by atoms with E-state index < -0.39 is 30.0 Å². The number of anilines is 1. The molecule has 1 atom stereocenters. The van der Waals surface area contributed by atoms with E-state index in [1.54, 1.807) is 39.4 Å². The number of aromatic nitrogens is 5. The summed E-state index contributed by atoms with van der Waals surface area (Å²) >= 11 is 7.07. The molecule has 4 rings (SSSR count). The number of hydrogen-bond donors (Lipinski definition) is 2. The first-order valence-electron chi connectivity index (χ1n) is 10.5. The fourth-order valence-corrected chi connectivity index (χ4v) is 4.99. The maximum atomic E-state index is 13.7. The van der Waals surface area contributed by atoms with Gasteiger partial charge in [0.1, 0.15) is 21.4 Å². The number of rotatable bonds is 6. The first-order valence-corrected chi connectivity index (χ1v) is 11.7. The summed E-state index contributed by atoms with van der Waals surface area (Å²) in [5.41, 5.74) is 8.04. The van der Waals surface area contributed by atoms with Gasteiger partial charge in [-0.2, -0.15) is 10.2 Å². The molecule has 0 bridgehead atoms.